The number of hydrogen-bond acceptors (Lipinski definition) is 5. The second-order valence-corrected chi connectivity index (χ2v) is 3.43. The number of aromatic nitrogens is 1. The fourth-order valence-corrected chi connectivity index (χ4v) is 1.44. The van der Waals surface area contributed by atoms with E-state index in [9.17, 15) is 10.1 Å². The first kappa shape index (κ1) is 10.9. The first-order valence-corrected chi connectivity index (χ1v) is 4.77. The predicted molar refractivity (Wildman–Crippen MR) is 62.4 cm³/mol. The van der Waals surface area contributed by atoms with Gasteiger partial charge in [0.15, 0.2) is 0 Å². The first-order chi connectivity index (χ1) is 8.08. The van der Waals surface area contributed by atoms with E-state index in [0.29, 0.717) is 11.1 Å². The molecular formula is C11H9N3O3. The highest BCUT2D eigenvalue weighted by molar-refractivity contribution is 5.75. The lowest BCUT2D eigenvalue weighted by Gasteiger charge is -2.04. The van der Waals surface area contributed by atoms with Crippen LogP contribution in [0.3, 0.4) is 0 Å². The number of nitrogens with zero attached hydrogens (tertiary/aromatic N) is 2. The van der Waals surface area contributed by atoms with Crippen molar-refractivity contribution < 1.29 is 10.0 Å². The Morgan fingerprint density at radius 2 is 1.94 bits per heavy atom. The van der Waals surface area contributed by atoms with Gasteiger partial charge >= 0.3 is 0 Å². The molecule has 86 valence electrons. The van der Waals surface area contributed by atoms with Crippen LogP contribution in [0.5, 0.6) is 5.75 Å². The Balaban J connectivity index is 2.54. The van der Waals surface area contributed by atoms with E-state index in [0.717, 1.165) is 6.20 Å². The van der Waals surface area contributed by atoms with Crippen LogP contribution in [-0.4, -0.2) is 15.0 Å². The summed E-state index contributed by atoms with van der Waals surface area (Å²) >= 11 is 0. The Hall–Kier alpha value is -2.63. The average molecular weight is 231 g/mol. The van der Waals surface area contributed by atoms with E-state index >= 15 is 0 Å². The van der Waals surface area contributed by atoms with E-state index in [1.807, 2.05) is 0 Å². The molecule has 6 nitrogen and oxygen atoms in total. The number of rotatable bonds is 2. The maximum absolute atomic E-state index is 10.6. The minimum absolute atomic E-state index is 0.116. The number of nitrogen functional groups attached to an aromatic ring is 1. The van der Waals surface area contributed by atoms with Gasteiger partial charge in [0.25, 0.3) is 5.69 Å². The van der Waals surface area contributed by atoms with Crippen LogP contribution in [0.4, 0.5) is 11.5 Å². The lowest BCUT2D eigenvalue weighted by molar-refractivity contribution is -0.385. The number of phenols is 1. The highest BCUT2D eigenvalue weighted by Crippen LogP contribution is 2.28. The van der Waals surface area contributed by atoms with Crippen molar-refractivity contribution in [2.75, 3.05) is 5.73 Å². The Labute approximate surface area is 96.5 Å². The molecule has 0 atom stereocenters. The molecule has 0 fully saturated rings. The summed E-state index contributed by atoms with van der Waals surface area (Å²) in [5.74, 6) is 0.326. The predicted octanol–water partition coefficient (Wildman–Crippen LogP) is 1.94. The van der Waals surface area contributed by atoms with Crippen molar-refractivity contribution in [3.05, 3.63) is 46.6 Å². The number of aromatic hydroxyl groups is 1. The maximum Gasteiger partial charge on any atom is 0.288 e. The van der Waals surface area contributed by atoms with Crippen molar-refractivity contribution in [1.29, 1.82) is 0 Å². The van der Waals surface area contributed by atoms with E-state index in [1.165, 1.54) is 18.2 Å². The highest BCUT2D eigenvalue weighted by atomic mass is 16.6. The van der Waals surface area contributed by atoms with E-state index < -0.39 is 4.92 Å². The van der Waals surface area contributed by atoms with Gasteiger partial charge in [-0.3, -0.25) is 10.1 Å². The summed E-state index contributed by atoms with van der Waals surface area (Å²) in [6.07, 6.45) is 1.11. The number of benzene rings is 1. The molecule has 17 heavy (non-hydrogen) atoms. The quantitative estimate of drug-likeness (QED) is 0.607. The molecule has 0 radical (unpaired) electrons. The molecule has 1 heterocycles. The molecule has 0 saturated carbocycles. The molecule has 0 bridgehead atoms. The number of phenolic OH excluding ortho intramolecular Hbond substituents is 1. The van der Waals surface area contributed by atoms with Crippen molar-refractivity contribution in [1.82, 2.24) is 4.98 Å². The Morgan fingerprint density at radius 3 is 2.53 bits per heavy atom. The number of pyridine rings is 1. The summed E-state index contributed by atoms with van der Waals surface area (Å²) in [5.41, 5.74) is 6.68. The fraction of sp³-hybridized carbons (Fsp3) is 0. The van der Waals surface area contributed by atoms with Crippen LogP contribution < -0.4 is 5.73 Å². The molecule has 6 heteroatoms. The zero-order valence-electron chi connectivity index (χ0n) is 8.70. The SMILES string of the molecule is Nc1ncc([N+](=O)[O-])cc1-c1ccc(O)cc1. The minimum Gasteiger partial charge on any atom is -0.508 e. The first-order valence-electron chi connectivity index (χ1n) is 4.77. The molecule has 0 aliphatic carbocycles. The van der Waals surface area contributed by atoms with Gasteiger partial charge in [-0.1, -0.05) is 12.1 Å². The fourth-order valence-electron chi connectivity index (χ4n) is 1.44. The third-order valence-corrected chi connectivity index (χ3v) is 2.29. The van der Waals surface area contributed by atoms with Crippen LogP contribution in [0.15, 0.2) is 36.5 Å². The molecule has 0 unspecified atom stereocenters. The minimum atomic E-state index is -0.531. The van der Waals surface area contributed by atoms with Gasteiger partial charge in [-0.05, 0) is 17.7 Å². The van der Waals surface area contributed by atoms with E-state index in [4.69, 9.17) is 10.8 Å². The molecule has 0 spiro atoms. The highest BCUT2D eigenvalue weighted by Gasteiger charge is 2.11. The van der Waals surface area contributed by atoms with Gasteiger partial charge < -0.3 is 10.8 Å². The normalized spacial score (nSPS) is 10.1. The molecule has 0 amide bonds. The summed E-state index contributed by atoms with van der Waals surface area (Å²) < 4.78 is 0. The number of nitrogens with two attached hydrogens (primary N) is 1. The van der Waals surface area contributed by atoms with Gasteiger partial charge in [0.1, 0.15) is 17.8 Å². The molecule has 1 aromatic carbocycles. The van der Waals surface area contributed by atoms with Gasteiger partial charge in [0, 0.05) is 11.6 Å². The van der Waals surface area contributed by atoms with E-state index in [2.05, 4.69) is 4.98 Å². The standard InChI is InChI=1S/C11H9N3O3/c12-11-10(5-8(6-13-11)14(16)17)7-1-3-9(15)4-2-7/h1-6,15H,(H2,12,13). The molecule has 3 N–H and O–H groups in total. The van der Waals surface area contributed by atoms with Crippen LogP contribution in [-0.2, 0) is 0 Å². The van der Waals surface area contributed by atoms with Crippen molar-refractivity contribution in [3.63, 3.8) is 0 Å². The topological polar surface area (TPSA) is 102 Å². The monoisotopic (exact) mass is 231 g/mol. The average Bonchev–Trinajstić information content (AvgIpc) is 2.31. The summed E-state index contributed by atoms with van der Waals surface area (Å²) in [7, 11) is 0. The van der Waals surface area contributed by atoms with E-state index in [-0.39, 0.29) is 17.3 Å². The summed E-state index contributed by atoms with van der Waals surface area (Å²) in [6.45, 7) is 0. The summed E-state index contributed by atoms with van der Waals surface area (Å²) in [5, 5.41) is 19.8. The second kappa shape index (κ2) is 4.09. The van der Waals surface area contributed by atoms with Gasteiger partial charge in [-0.2, -0.15) is 0 Å². The van der Waals surface area contributed by atoms with Crippen LogP contribution in [0, 0.1) is 10.1 Å². The van der Waals surface area contributed by atoms with Crippen molar-refractivity contribution in [3.8, 4) is 16.9 Å². The van der Waals surface area contributed by atoms with Crippen molar-refractivity contribution in [2.45, 2.75) is 0 Å². The summed E-state index contributed by atoms with van der Waals surface area (Å²) in [4.78, 5) is 13.9. The number of nitro groups is 1. The molecule has 1 aromatic heterocycles. The molecule has 0 saturated heterocycles. The Kier molecular flexibility index (Phi) is 2.61. The van der Waals surface area contributed by atoms with Gasteiger partial charge in [0.2, 0.25) is 0 Å². The van der Waals surface area contributed by atoms with Crippen LogP contribution in [0.25, 0.3) is 11.1 Å². The van der Waals surface area contributed by atoms with Gasteiger partial charge in [0.05, 0.1) is 4.92 Å². The lowest BCUT2D eigenvalue weighted by atomic mass is 10.1. The van der Waals surface area contributed by atoms with Crippen LogP contribution in [0.1, 0.15) is 0 Å². The van der Waals surface area contributed by atoms with Crippen LogP contribution in [0.2, 0.25) is 0 Å². The second-order valence-electron chi connectivity index (χ2n) is 3.43. The maximum atomic E-state index is 10.6. The zero-order valence-corrected chi connectivity index (χ0v) is 8.70. The zero-order chi connectivity index (χ0) is 12.4. The molecule has 2 rings (SSSR count). The Morgan fingerprint density at radius 1 is 1.29 bits per heavy atom. The smallest absolute Gasteiger partial charge is 0.288 e. The van der Waals surface area contributed by atoms with Crippen LogP contribution >= 0.6 is 0 Å². The Bertz CT molecular complexity index is 567. The molecular weight excluding hydrogens is 222 g/mol. The van der Waals surface area contributed by atoms with Gasteiger partial charge in [-0.15, -0.1) is 0 Å². The third-order valence-electron chi connectivity index (χ3n) is 2.29. The third kappa shape index (κ3) is 2.15. The largest absolute Gasteiger partial charge is 0.508 e. The lowest BCUT2D eigenvalue weighted by Crippen LogP contribution is -1.97. The number of hydrogen-bond donors (Lipinski definition) is 2. The molecule has 2 aromatic rings. The number of anilines is 1. The van der Waals surface area contributed by atoms with Crippen molar-refractivity contribution >= 4 is 11.5 Å². The summed E-state index contributed by atoms with van der Waals surface area (Å²) in [6, 6.07) is 7.55. The van der Waals surface area contributed by atoms with Gasteiger partial charge in [-0.25, -0.2) is 4.98 Å². The van der Waals surface area contributed by atoms with Crippen molar-refractivity contribution in [2.24, 2.45) is 0 Å². The van der Waals surface area contributed by atoms with E-state index in [1.54, 1.807) is 12.1 Å². The molecule has 0 aliphatic heterocycles. The molecule has 0 aliphatic rings.